The zero-order valence-electron chi connectivity index (χ0n) is 18.2. The molecule has 0 amide bonds. The van der Waals surface area contributed by atoms with Gasteiger partial charge in [0.1, 0.15) is 11.3 Å². The Balaban J connectivity index is 1.62. The molecule has 5 nitrogen and oxygen atoms in total. The normalized spacial score (nSPS) is 11.5. The minimum absolute atomic E-state index is 0.797. The lowest BCUT2D eigenvalue weighted by Crippen LogP contribution is -2.00. The Labute approximate surface area is 195 Å². The first-order valence-corrected chi connectivity index (χ1v) is 11.2. The molecule has 7 rings (SSSR count). The molecule has 0 aliphatic carbocycles. The van der Waals surface area contributed by atoms with Gasteiger partial charge in [0.25, 0.3) is 0 Å². The molecule has 0 atom stereocenters. The summed E-state index contributed by atoms with van der Waals surface area (Å²) in [7, 11) is 0. The van der Waals surface area contributed by atoms with E-state index in [1.54, 1.807) is 6.20 Å². The highest BCUT2D eigenvalue weighted by Gasteiger charge is 2.20. The van der Waals surface area contributed by atoms with Crippen molar-refractivity contribution in [2.45, 2.75) is 0 Å². The fourth-order valence-corrected chi connectivity index (χ4v) is 4.83. The molecule has 0 radical (unpaired) electrons. The van der Waals surface area contributed by atoms with Crippen LogP contribution in [-0.4, -0.2) is 24.1 Å². The Kier molecular flexibility index (Phi) is 4.08. The molecule has 4 aromatic heterocycles. The maximum absolute atomic E-state index is 5.18. The van der Waals surface area contributed by atoms with Crippen molar-refractivity contribution in [2.24, 2.45) is 0 Å². The minimum Gasteiger partial charge on any atom is -0.307 e. The van der Waals surface area contributed by atoms with Gasteiger partial charge in [0, 0.05) is 28.7 Å². The van der Waals surface area contributed by atoms with Gasteiger partial charge in [0.15, 0.2) is 5.65 Å². The number of hydrogen-bond acceptors (Lipinski definition) is 3. The Hall–Kier alpha value is -4.77. The van der Waals surface area contributed by atoms with E-state index in [0.29, 0.717) is 0 Å². The van der Waals surface area contributed by atoms with E-state index in [2.05, 4.69) is 80.8 Å². The van der Waals surface area contributed by atoms with E-state index < -0.39 is 0 Å². The molecule has 7 aromatic rings. The molecule has 0 fully saturated rings. The maximum atomic E-state index is 5.18. The van der Waals surface area contributed by atoms with E-state index in [0.717, 1.165) is 45.0 Å². The molecular weight excluding hydrogens is 418 g/mol. The van der Waals surface area contributed by atoms with Crippen LogP contribution in [0.25, 0.3) is 55.7 Å². The summed E-state index contributed by atoms with van der Waals surface area (Å²) in [5.74, 6) is 0.837. The summed E-state index contributed by atoms with van der Waals surface area (Å²) in [5, 5.41) is 2.44. The van der Waals surface area contributed by atoms with Crippen molar-refractivity contribution in [3.05, 3.63) is 116 Å². The van der Waals surface area contributed by atoms with E-state index in [-0.39, 0.29) is 0 Å². The van der Waals surface area contributed by atoms with Crippen LogP contribution in [0.2, 0.25) is 0 Å². The summed E-state index contributed by atoms with van der Waals surface area (Å²) >= 11 is 0. The molecule has 0 bridgehead atoms. The van der Waals surface area contributed by atoms with Gasteiger partial charge < -0.3 is 4.57 Å². The number of rotatable bonds is 3. The molecule has 4 heterocycles. The third-order valence-electron chi connectivity index (χ3n) is 6.28. The first-order chi connectivity index (χ1) is 16.9. The molecule has 0 saturated carbocycles. The Morgan fingerprint density at radius 3 is 2.00 bits per heavy atom. The van der Waals surface area contributed by atoms with E-state index in [1.807, 2.05) is 42.7 Å². The Bertz CT molecular complexity index is 1740. The van der Waals surface area contributed by atoms with Crippen LogP contribution in [0, 0.1) is 0 Å². The lowest BCUT2D eigenvalue weighted by molar-refractivity contribution is 1.06. The molecule has 0 aliphatic heterocycles. The first kappa shape index (κ1) is 18.8. The van der Waals surface area contributed by atoms with Crippen molar-refractivity contribution >= 4 is 33.0 Å². The average Bonchev–Trinajstić information content (AvgIpc) is 3.46. The van der Waals surface area contributed by atoms with Crippen LogP contribution in [0.5, 0.6) is 0 Å². The number of benzene rings is 3. The van der Waals surface area contributed by atoms with Gasteiger partial charge in [-0.1, -0.05) is 66.7 Å². The molecule has 160 valence electrons. The first-order valence-electron chi connectivity index (χ1n) is 11.2. The smallest absolute Gasteiger partial charge is 0.167 e. The van der Waals surface area contributed by atoms with Crippen molar-refractivity contribution in [3.8, 4) is 22.8 Å². The summed E-state index contributed by atoms with van der Waals surface area (Å²) in [6.07, 6.45) is 5.49. The third kappa shape index (κ3) is 2.70. The standard InChI is InChI=1S/C29H19N5/c1-2-9-20(10-3-1)28-32-27-26(16-18-31-29(27)33(28)21-11-8-17-30-19-21)34-24-14-6-4-12-22(24)23-13-5-7-15-25(23)34/h1-19H. The highest BCUT2D eigenvalue weighted by molar-refractivity contribution is 6.10. The predicted molar refractivity (Wildman–Crippen MR) is 136 cm³/mol. The fraction of sp³-hybridized carbons (Fsp3) is 0. The second-order valence-corrected chi connectivity index (χ2v) is 8.22. The van der Waals surface area contributed by atoms with Crippen LogP contribution < -0.4 is 0 Å². The lowest BCUT2D eigenvalue weighted by Gasteiger charge is -2.10. The summed E-state index contributed by atoms with van der Waals surface area (Å²) in [6.45, 7) is 0. The number of aromatic nitrogens is 5. The SMILES string of the molecule is c1ccc(-c2nc3c(-n4c5ccccc5c5ccccc54)ccnc3n2-c2cccnc2)cc1. The van der Waals surface area contributed by atoms with Gasteiger partial charge in [0.2, 0.25) is 0 Å². The number of imidazole rings is 1. The van der Waals surface area contributed by atoms with Crippen LogP contribution in [0.3, 0.4) is 0 Å². The second kappa shape index (κ2) is 7.39. The molecular formula is C29H19N5. The van der Waals surface area contributed by atoms with E-state index in [4.69, 9.17) is 9.97 Å². The van der Waals surface area contributed by atoms with Gasteiger partial charge in [-0.3, -0.25) is 9.55 Å². The zero-order chi connectivity index (χ0) is 22.5. The van der Waals surface area contributed by atoms with Crippen LogP contribution in [0.4, 0.5) is 0 Å². The van der Waals surface area contributed by atoms with Gasteiger partial charge in [-0.15, -0.1) is 0 Å². The molecule has 0 N–H and O–H groups in total. The van der Waals surface area contributed by atoms with Crippen LogP contribution in [0.1, 0.15) is 0 Å². The monoisotopic (exact) mass is 437 g/mol. The highest BCUT2D eigenvalue weighted by atomic mass is 15.2. The predicted octanol–water partition coefficient (Wildman–Crippen LogP) is 6.58. The number of pyridine rings is 2. The van der Waals surface area contributed by atoms with Gasteiger partial charge in [-0.05, 0) is 30.3 Å². The quantitative estimate of drug-likeness (QED) is 0.314. The second-order valence-electron chi connectivity index (χ2n) is 8.22. The van der Waals surface area contributed by atoms with Crippen LogP contribution >= 0.6 is 0 Å². The zero-order valence-corrected chi connectivity index (χ0v) is 18.2. The van der Waals surface area contributed by atoms with Crippen LogP contribution in [0.15, 0.2) is 116 Å². The van der Waals surface area contributed by atoms with Crippen molar-refractivity contribution in [1.82, 2.24) is 24.1 Å². The van der Waals surface area contributed by atoms with E-state index >= 15 is 0 Å². The molecule has 5 heteroatoms. The summed E-state index contributed by atoms with van der Waals surface area (Å²) in [5.41, 5.74) is 6.89. The Morgan fingerprint density at radius 2 is 1.29 bits per heavy atom. The van der Waals surface area contributed by atoms with Gasteiger partial charge in [-0.25, -0.2) is 9.97 Å². The molecule has 0 unspecified atom stereocenters. The van der Waals surface area contributed by atoms with Crippen molar-refractivity contribution in [3.63, 3.8) is 0 Å². The maximum Gasteiger partial charge on any atom is 0.167 e. The largest absolute Gasteiger partial charge is 0.307 e. The Morgan fingerprint density at radius 1 is 0.588 bits per heavy atom. The van der Waals surface area contributed by atoms with Gasteiger partial charge in [0.05, 0.1) is 28.6 Å². The third-order valence-corrected chi connectivity index (χ3v) is 6.28. The number of nitrogens with zero attached hydrogens (tertiary/aromatic N) is 5. The topological polar surface area (TPSA) is 48.5 Å². The van der Waals surface area contributed by atoms with Gasteiger partial charge in [-0.2, -0.15) is 0 Å². The molecule has 0 aliphatic rings. The van der Waals surface area contributed by atoms with E-state index in [9.17, 15) is 0 Å². The average molecular weight is 438 g/mol. The molecule has 34 heavy (non-hydrogen) atoms. The van der Waals surface area contributed by atoms with Crippen LogP contribution in [-0.2, 0) is 0 Å². The van der Waals surface area contributed by atoms with Crippen molar-refractivity contribution < 1.29 is 0 Å². The molecule has 3 aromatic carbocycles. The molecule has 0 spiro atoms. The summed E-state index contributed by atoms with van der Waals surface area (Å²) in [4.78, 5) is 14.3. The summed E-state index contributed by atoms with van der Waals surface area (Å²) in [6, 6.07) is 33.3. The number of para-hydroxylation sites is 2. The van der Waals surface area contributed by atoms with E-state index in [1.165, 1.54) is 10.8 Å². The number of fused-ring (bicyclic) bond motifs is 4. The minimum atomic E-state index is 0.797. The molecule has 0 saturated heterocycles. The fourth-order valence-electron chi connectivity index (χ4n) is 4.83. The van der Waals surface area contributed by atoms with Gasteiger partial charge >= 0.3 is 0 Å². The summed E-state index contributed by atoms with van der Waals surface area (Å²) < 4.78 is 4.39. The lowest BCUT2D eigenvalue weighted by atomic mass is 10.2. The highest BCUT2D eigenvalue weighted by Crippen LogP contribution is 2.35. The van der Waals surface area contributed by atoms with Crippen molar-refractivity contribution in [1.29, 1.82) is 0 Å². The van der Waals surface area contributed by atoms with Crippen molar-refractivity contribution in [2.75, 3.05) is 0 Å². The number of hydrogen-bond donors (Lipinski definition) is 0.